The highest BCUT2D eigenvalue weighted by atomic mass is 31.2. The van der Waals surface area contributed by atoms with Crippen LogP contribution >= 0.6 is 7.37 Å². The second-order valence-corrected chi connectivity index (χ2v) is 17.5. The minimum Gasteiger partial charge on any atom is -0.450 e. The number of benzene rings is 1. The van der Waals surface area contributed by atoms with Crippen molar-refractivity contribution in [1.29, 1.82) is 0 Å². The molecule has 13 heteroatoms. The number of nitrogens with zero attached hydrogens (tertiary/aromatic N) is 2. The normalized spacial score (nSPS) is 30.1. The Kier molecular flexibility index (Phi) is 10.3. The average molecular weight is 675 g/mol. The molecule has 3 aliphatic heterocycles. The van der Waals surface area contributed by atoms with E-state index in [0.29, 0.717) is 32.4 Å². The lowest BCUT2D eigenvalue weighted by Gasteiger charge is -2.35. The lowest BCUT2D eigenvalue weighted by molar-refractivity contribution is -0.142. The summed E-state index contributed by atoms with van der Waals surface area (Å²) in [6.07, 6.45) is 3.39. The van der Waals surface area contributed by atoms with Crippen LogP contribution in [0.1, 0.15) is 96.3 Å². The molecule has 3 heterocycles. The Morgan fingerprint density at radius 1 is 1.11 bits per heavy atom. The summed E-state index contributed by atoms with van der Waals surface area (Å²) < 4.78 is 24.7. The first kappa shape index (κ1) is 35.2. The van der Waals surface area contributed by atoms with Gasteiger partial charge in [-0.2, -0.15) is 0 Å². The zero-order valence-electron chi connectivity index (χ0n) is 28.4. The van der Waals surface area contributed by atoms with E-state index in [1.54, 1.807) is 11.8 Å². The quantitative estimate of drug-likeness (QED) is 0.373. The molecule has 2 fully saturated rings. The molecule has 3 N–H and O–H groups in total. The fourth-order valence-corrected chi connectivity index (χ4v) is 9.51. The Morgan fingerprint density at radius 2 is 1.83 bits per heavy atom. The van der Waals surface area contributed by atoms with Gasteiger partial charge in [-0.3, -0.25) is 19.1 Å². The Bertz CT molecular complexity index is 1430. The van der Waals surface area contributed by atoms with Crippen LogP contribution in [0.2, 0.25) is 0 Å². The summed E-state index contributed by atoms with van der Waals surface area (Å²) in [6, 6.07) is 4.02. The third-order valence-corrected chi connectivity index (χ3v) is 13.1. The van der Waals surface area contributed by atoms with Crippen LogP contribution in [0.3, 0.4) is 0 Å². The van der Waals surface area contributed by atoms with Crippen molar-refractivity contribution in [2.24, 2.45) is 11.3 Å². The molecular formula is C34H51N4O8P. The van der Waals surface area contributed by atoms with Gasteiger partial charge in [0.25, 0.3) is 0 Å². The summed E-state index contributed by atoms with van der Waals surface area (Å²) in [7, 11) is -3.74. The van der Waals surface area contributed by atoms with E-state index in [0.717, 1.165) is 36.8 Å². The molecule has 1 unspecified atom stereocenters. The molecule has 12 nitrogen and oxygen atoms in total. The molecule has 6 atom stereocenters. The van der Waals surface area contributed by atoms with Gasteiger partial charge < -0.3 is 29.9 Å². The smallest absolute Gasteiger partial charge is 0.410 e. The molecule has 0 radical (unpaired) electrons. The van der Waals surface area contributed by atoms with E-state index >= 15 is 0 Å². The number of hydrogen-bond donors (Lipinski definition) is 3. The molecular weight excluding hydrogens is 623 g/mol. The van der Waals surface area contributed by atoms with Crippen molar-refractivity contribution in [3.8, 4) is 0 Å². The fourth-order valence-electron chi connectivity index (χ4n) is 7.40. The number of aryl methyl sites for hydroxylation is 1. The number of rotatable bonds is 5. The van der Waals surface area contributed by atoms with Crippen molar-refractivity contribution in [2.45, 2.75) is 123 Å². The van der Waals surface area contributed by atoms with Crippen molar-refractivity contribution < 1.29 is 38.1 Å². The second-order valence-electron chi connectivity index (χ2n) is 14.6. The molecule has 0 aromatic heterocycles. The molecule has 5 rings (SSSR count). The molecule has 1 aromatic carbocycles. The lowest BCUT2D eigenvalue weighted by Crippen LogP contribution is -2.58. The first-order chi connectivity index (χ1) is 22.2. The van der Waals surface area contributed by atoms with Gasteiger partial charge in [-0.15, -0.1) is 0 Å². The summed E-state index contributed by atoms with van der Waals surface area (Å²) in [4.78, 5) is 68.6. The zero-order valence-corrected chi connectivity index (χ0v) is 29.3. The van der Waals surface area contributed by atoms with E-state index in [2.05, 4.69) is 16.7 Å². The maximum absolute atomic E-state index is 14.3. The highest BCUT2D eigenvalue weighted by molar-refractivity contribution is 7.60. The van der Waals surface area contributed by atoms with Gasteiger partial charge in [-0.25, -0.2) is 9.59 Å². The van der Waals surface area contributed by atoms with Crippen molar-refractivity contribution in [3.05, 3.63) is 34.9 Å². The van der Waals surface area contributed by atoms with E-state index in [4.69, 9.17) is 9.47 Å². The standard InChI is InChI=1S/C34H51N4O8P/c1-6-24-18-34(24,47(43,44)7-2)36-29(39)27-17-25-20-38(27)30(40)28(33(3,4)5)35-31(41)45-16-11-9-8-10-13-22-14-12-15-23-19-37(21-26(22)23)32(42)46-25/h12,14-15,24-25,27-28H,6-11,13,16-21H2,1-5H3,(H,35,41)(H,36,39)(H,43,44)/t24-,25-,27+,28-,34+/m1/s1. The number of amides is 4. The fraction of sp³-hybridized carbons (Fsp3) is 0.706. The largest absolute Gasteiger partial charge is 0.450 e. The third kappa shape index (κ3) is 7.33. The highest BCUT2D eigenvalue weighted by Gasteiger charge is 2.65. The van der Waals surface area contributed by atoms with E-state index < -0.39 is 60.3 Å². The van der Waals surface area contributed by atoms with Gasteiger partial charge in [0.15, 0.2) is 0 Å². The number of cyclic esters (lactones) is 1. The van der Waals surface area contributed by atoms with Crippen LogP contribution in [0.25, 0.3) is 0 Å². The van der Waals surface area contributed by atoms with E-state index in [1.165, 1.54) is 10.5 Å². The first-order valence-corrected chi connectivity index (χ1v) is 19.0. The summed E-state index contributed by atoms with van der Waals surface area (Å²) in [5.74, 6) is -1.24. The van der Waals surface area contributed by atoms with Gasteiger partial charge in [0.1, 0.15) is 23.5 Å². The van der Waals surface area contributed by atoms with Crippen LogP contribution in [0, 0.1) is 11.3 Å². The third-order valence-electron chi connectivity index (χ3n) is 10.4. The van der Waals surface area contributed by atoms with Crippen LogP contribution < -0.4 is 10.6 Å². The second kappa shape index (κ2) is 13.8. The number of fused-ring (bicyclic) bond motifs is 3. The van der Waals surface area contributed by atoms with Gasteiger partial charge in [0.05, 0.1) is 13.2 Å². The molecule has 1 aromatic rings. The molecule has 1 saturated carbocycles. The predicted molar refractivity (Wildman–Crippen MR) is 176 cm³/mol. The highest BCUT2D eigenvalue weighted by Crippen LogP contribution is 2.69. The van der Waals surface area contributed by atoms with Crippen LogP contribution in [0.15, 0.2) is 18.2 Å². The maximum atomic E-state index is 14.3. The molecule has 4 amide bonds. The molecule has 1 saturated heterocycles. The van der Waals surface area contributed by atoms with Crippen LogP contribution in [0.4, 0.5) is 9.59 Å². The maximum Gasteiger partial charge on any atom is 0.410 e. The Hall–Kier alpha value is -3.11. The van der Waals surface area contributed by atoms with Gasteiger partial charge >= 0.3 is 12.2 Å². The lowest BCUT2D eigenvalue weighted by atomic mass is 9.85. The van der Waals surface area contributed by atoms with E-state index in [9.17, 15) is 28.6 Å². The predicted octanol–water partition coefficient (Wildman–Crippen LogP) is 4.90. The minimum absolute atomic E-state index is 0.00932. The number of ether oxygens (including phenoxy) is 2. The topological polar surface area (TPSA) is 155 Å². The molecule has 4 bridgehead atoms. The van der Waals surface area contributed by atoms with Gasteiger partial charge in [-0.1, -0.05) is 72.1 Å². The van der Waals surface area contributed by atoms with E-state index in [1.807, 2.05) is 39.8 Å². The van der Waals surface area contributed by atoms with Gasteiger partial charge in [0.2, 0.25) is 19.2 Å². The Labute approximate surface area is 277 Å². The minimum atomic E-state index is -3.74. The summed E-state index contributed by atoms with van der Waals surface area (Å²) in [6.45, 7) is 9.98. The molecule has 47 heavy (non-hydrogen) atoms. The van der Waals surface area contributed by atoms with Gasteiger partial charge in [-0.05, 0) is 53.7 Å². The van der Waals surface area contributed by atoms with Crippen LogP contribution in [-0.4, -0.2) is 81.5 Å². The number of hydrogen-bond acceptors (Lipinski definition) is 7. The number of carbonyl (C=O) groups excluding carboxylic acids is 4. The number of nitrogens with one attached hydrogen (secondary N) is 2. The number of carbonyl (C=O) groups is 4. The molecule has 1 aliphatic carbocycles. The summed E-state index contributed by atoms with van der Waals surface area (Å²) >= 11 is 0. The van der Waals surface area contributed by atoms with Crippen molar-refractivity contribution in [1.82, 2.24) is 20.4 Å². The van der Waals surface area contributed by atoms with Crippen molar-refractivity contribution in [3.63, 3.8) is 0 Å². The summed E-state index contributed by atoms with van der Waals surface area (Å²) in [5.41, 5.74) is 2.67. The van der Waals surface area contributed by atoms with Crippen molar-refractivity contribution >= 4 is 31.4 Å². The van der Waals surface area contributed by atoms with Crippen molar-refractivity contribution in [2.75, 3.05) is 19.3 Å². The van der Waals surface area contributed by atoms with Crippen LogP contribution in [0.5, 0.6) is 0 Å². The molecule has 0 spiro atoms. The van der Waals surface area contributed by atoms with Gasteiger partial charge in [0, 0.05) is 25.7 Å². The monoisotopic (exact) mass is 674 g/mol. The SMILES string of the molecule is CC[C@@H]1C[C@]1(NC(=O)[C@@H]1C[C@@H]2CN1C(=O)[C@H](C(C)(C)C)NC(=O)OCCCCCCc1cccc3c1CN(C3)C(=O)O2)P(=O)(O)CC. The summed E-state index contributed by atoms with van der Waals surface area (Å²) in [5, 5.41) is 4.38. The Morgan fingerprint density at radius 3 is 2.51 bits per heavy atom. The molecule has 260 valence electrons. The average Bonchev–Trinajstić information content (AvgIpc) is 3.33. The number of alkyl carbamates (subject to hydrolysis) is 1. The van der Waals surface area contributed by atoms with Crippen LogP contribution in [-0.2, 0) is 43.1 Å². The molecule has 4 aliphatic rings. The Balaban J connectivity index is 1.43. The zero-order chi connectivity index (χ0) is 34.1. The van der Waals surface area contributed by atoms with E-state index in [-0.39, 0.29) is 31.7 Å². The first-order valence-electron chi connectivity index (χ1n) is 17.1.